The predicted molar refractivity (Wildman–Crippen MR) is 70.3 cm³/mol. The fourth-order valence-electron chi connectivity index (χ4n) is 1.32. The maximum atomic E-state index is 10.9. The van der Waals surface area contributed by atoms with Crippen molar-refractivity contribution in [1.29, 1.82) is 0 Å². The van der Waals surface area contributed by atoms with Crippen LogP contribution in [0.2, 0.25) is 0 Å². The number of ether oxygens (including phenoxy) is 1. The molecule has 0 aromatic rings. The van der Waals surface area contributed by atoms with E-state index in [1.54, 1.807) is 6.08 Å². The first-order valence-electron chi connectivity index (χ1n) is 5.61. The fraction of sp³-hybridized carbons (Fsp3) is 0.500. The van der Waals surface area contributed by atoms with Gasteiger partial charge >= 0.3 is 5.97 Å². The second-order valence-electron chi connectivity index (χ2n) is 3.23. The highest BCUT2D eigenvalue weighted by atomic mass is 16.5. The Balaban J connectivity index is 0. The summed E-state index contributed by atoms with van der Waals surface area (Å²) in [5, 5.41) is 0. The van der Waals surface area contributed by atoms with Gasteiger partial charge in [-0.15, -0.1) is 13.2 Å². The normalized spacial score (nSPS) is 12.1. The Hall–Kier alpha value is -1.31. The van der Waals surface area contributed by atoms with E-state index in [9.17, 15) is 4.79 Å². The quantitative estimate of drug-likeness (QED) is 0.386. The van der Waals surface area contributed by atoms with Gasteiger partial charge in [0.2, 0.25) is 0 Å². The van der Waals surface area contributed by atoms with Crippen molar-refractivity contribution in [2.45, 2.75) is 46.1 Å². The van der Waals surface area contributed by atoms with Crippen molar-refractivity contribution in [3.8, 4) is 0 Å². The molecule has 2 nitrogen and oxygen atoms in total. The van der Waals surface area contributed by atoms with Crippen LogP contribution in [0.15, 0.2) is 37.5 Å². The second kappa shape index (κ2) is 11.8. The molecule has 1 unspecified atom stereocenters. The molecule has 0 aromatic carbocycles. The summed E-state index contributed by atoms with van der Waals surface area (Å²) in [6.45, 7) is 15.2. The molecular weight excluding hydrogens is 200 g/mol. The van der Waals surface area contributed by atoms with Crippen molar-refractivity contribution in [2.75, 3.05) is 0 Å². The van der Waals surface area contributed by atoms with E-state index < -0.39 is 0 Å². The monoisotopic (exact) mass is 224 g/mol. The molecule has 0 fully saturated rings. The van der Waals surface area contributed by atoms with E-state index in [2.05, 4.69) is 26.7 Å². The van der Waals surface area contributed by atoms with Crippen LogP contribution in [0, 0.1) is 0 Å². The molecule has 92 valence electrons. The number of esters is 1. The number of hydrogen-bond acceptors (Lipinski definition) is 2. The number of unbranched alkanes of at least 4 members (excludes halogenated alkanes) is 1. The minimum Gasteiger partial charge on any atom is -0.458 e. The van der Waals surface area contributed by atoms with E-state index in [0.717, 1.165) is 24.8 Å². The van der Waals surface area contributed by atoms with Crippen LogP contribution < -0.4 is 0 Å². The third-order valence-electron chi connectivity index (χ3n) is 2.07. The largest absolute Gasteiger partial charge is 0.458 e. The Morgan fingerprint density at radius 1 is 1.44 bits per heavy atom. The van der Waals surface area contributed by atoms with Gasteiger partial charge in [0, 0.05) is 6.92 Å². The minimum atomic E-state index is -0.229. The Kier molecular flexibility index (Phi) is 12.6. The molecular formula is C14H24O2. The number of rotatable bonds is 6. The molecule has 0 bridgehead atoms. The van der Waals surface area contributed by atoms with Gasteiger partial charge in [-0.3, -0.25) is 4.79 Å². The molecule has 0 spiro atoms. The summed E-state index contributed by atoms with van der Waals surface area (Å²) in [5.41, 5.74) is 0.994. The van der Waals surface area contributed by atoms with Crippen molar-refractivity contribution in [3.05, 3.63) is 37.5 Å². The summed E-state index contributed by atoms with van der Waals surface area (Å²) in [5.74, 6) is -0.229. The average molecular weight is 224 g/mol. The molecule has 0 aliphatic rings. The van der Waals surface area contributed by atoms with Crippen molar-refractivity contribution >= 4 is 5.97 Å². The molecule has 0 aliphatic heterocycles. The zero-order chi connectivity index (χ0) is 13.0. The molecule has 0 radical (unpaired) electrons. The Bertz CT molecular complexity index is 229. The highest BCUT2D eigenvalue weighted by molar-refractivity contribution is 5.66. The topological polar surface area (TPSA) is 26.3 Å². The van der Waals surface area contributed by atoms with Crippen molar-refractivity contribution < 1.29 is 9.53 Å². The lowest BCUT2D eigenvalue weighted by atomic mass is 10.0. The summed E-state index contributed by atoms with van der Waals surface area (Å²) in [6, 6.07) is 0. The molecule has 0 N–H and O–H groups in total. The molecule has 0 aromatic heterocycles. The summed E-state index contributed by atoms with van der Waals surface area (Å²) < 4.78 is 5.22. The molecule has 0 heterocycles. The van der Waals surface area contributed by atoms with Gasteiger partial charge < -0.3 is 4.74 Å². The lowest BCUT2D eigenvalue weighted by molar-refractivity contribution is -0.144. The predicted octanol–water partition coefficient (Wildman–Crippen LogP) is 4.04. The van der Waals surface area contributed by atoms with Crippen LogP contribution in [-0.2, 0) is 9.53 Å². The fourth-order valence-corrected chi connectivity index (χ4v) is 1.32. The molecule has 0 rings (SSSR count). The summed E-state index contributed by atoms with van der Waals surface area (Å²) >= 11 is 0. The maximum absolute atomic E-state index is 10.9. The van der Waals surface area contributed by atoms with E-state index >= 15 is 0 Å². The van der Waals surface area contributed by atoms with Crippen LogP contribution in [-0.4, -0.2) is 12.1 Å². The lowest BCUT2D eigenvalue weighted by Gasteiger charge is -2.17. The number of allylic oxidation sites excluding steroid dienone is 1. The first kappa shape index (κ1) is 17.1. The summed E-state index contributed by atoms with van der Waals surface area (Å²) in [7, 11) is 0. The van der Waals surface area contributed by atoms with Gasteiger partial charge in [-0.05, 0) is 25.3 Å². The zero-order valence-electron chi connectivity index (χ0n) is 10.8. The first-order chi connectivity index (χ1) is 7.65. The van der Waals surface area contributed by atoms with Crippen LogP contribution in [0.3, 0.4) is 0 Å². The molecule has 16 heavy (non-hydrogen) atoms. The third kappa shape index (κ3) is 8.04. The molecule has 0 amide bonds. The van der Waals surface area contributed by atoms with Gasteiger partial charge in [0.25, 0.3) is 0 Å². The minimum absolute atomic E-state index is 0.116. The second-order valence-corrected chi connectivity index (χ2v) is 3.23. The first-order valence-corrected chi connectivity index (χ1v) is 5.61. The van der Waals surface area contributed by atoms with Crippen LogP contribution in [0.4, 0.5) is 0 Å². The lowest BCUT2D eigenvalue weighted by Crippen LogP contribution is -2.17. The summed E-state index contributed by atoms with van der Waals surface area (Å²) in [6.07, 6.45) is 6.62. The van der Waals surface area contributed by atoms with E-state index in [-0.39, 0.29) is 12.1 Å². The molecule has 0 aliphatic carbocycles. The highest BCUT2D eigenvalue weighted by Crippen LogP contribution is 2.15. The van der Waals surface area contributed by atoms with Crippen LogP contribution >= 0.6 is 0 Å². The Morgan fingerprint density at radius 2 is 2.00 bits per heavy atom. The van der Waals surface area contributed by atoms with Gasteiger partial charge in [0.1, 0.15) is 6.10 Å². The van der Waals surface area contributed by atoms with E-state index in [1.165, 1.54) is 6.92 Å². The van der Waals surface area contributed by atoms with E-state index in [0.29, 0.717) is 0 Å². The maximum Gasteiger partial charge on any atom is 0.303 e. The van der Waals surface area contributed by atoms with Gasteiger partial charge in [0.05, 0.1) is 0 Å². The molecule has 0 saturated carbocycles. The molecule has 2 heteroatoms. The molecule has 0 saturated heterocycles. The van der Waals surface area contributed by atoms with Gasteiger partial charge in [0.15, 0.2) is 0 Å². The standard InChI is InChI=1S/C12H20O2.C2H4/c1-5-8-9-12(14-10(4)13)11(6-2)7-3;1-2/h6-7,12H,2,5,8-9H2,1,3-4H3;1-2H2/b11-7+;. The van der Waals surface area contributed by atoms with E-state index in [1.807, 2.05) is 13.0 Å². The Labute approximate surface area is 99.7 Å². The van der Waals surface area contributed by atoms with Crippen LogP contribution in [0.5, 0.6) is 0 Å². The third-order valence-corrected chi connectivity index (χ3v) is 2.07. The number of carbonyl (C=O) groups excluding carboxylic acids is 1. The number of hydrogen-bond donors (Lipinski definition) is 0. The SMILES string of the molecule is C=C.C=C/C(=C\C)C(CCCC)OC(C)=O. The highest BCUT2D eigenvalue weighted by Gasteiger charge is 2.13. The van der Waals surface area contributed by atoms with Crippen molar-refractivity contribution in [3.63, 3.8) is 0 Å². The van der Waals surface area contributed by atoms with E-state index in [4.69, 9.17) is 4.74 Å². The van der Waals surface area contributed by atoms with Crippen molar-refractivity contribution in [1.82, 2.24) is 0 Å². The summed E-state index contributed by atoms with van der Waals surface area (Å²) in [4.78, 5) is 10.9. The van der Waals surface area contributed by atoms with Crippen LogP contribution in [0.1, 0.15) is 40.0 Å². The van der Waals surface area contributed by atoms with Gasteiger partial charge in [-0.2, -0.15) is 0 Å². The zero-order valence-corrected chi connectivity index (χ0v) is 10.8. The number of carbonyl (C=O) groups is 1. The van der Waals surface area contributed by atoms with Gasteiger partial charge in [-0.25, -0.2) is 0 Å². The smallest absolute Gasteiger partial charge is 0.303 e. The Morgan fingerprint density at radius 3 is 2.31 bits per heavy atom. The van der Waals surface area contributed by atoms with Crippen LogP contribution in [0.25, 0.3) is 0 Å². The van der Waals surface area contributed by atoms with Gasteiger partial charge in [-0.1, -0.05) is 32.1 Å². The molecule has 1 atom stereocenters. The van der Waals surface area contributed by atoms with Crippen molar-refractivity contribution in [2.24, 2.45) is 0 Å². The average Bonchev–Trinajstić information content (AvgIpc) is 2.29.